The van der Waals surface area contributed by atoms with Crippen LogP contribution in [0.1, 0.15) is 43.6 Å². The summed E-state index contributed by atoms with van der Waals surface area (Å²) in [6.07, 6.45) is 4.17. The van der Waals surface area contributed by atoms with Gasteiger partial charge in [-0.25, -0.2) is 9.97 Å². The Kier molecular flexibility index (Phi) is 13.4. The lowest BCUT2D eigenvalue weighted by Crippen LogP contribution is -2.21. The van der Waals surface area contributed by atoms with Gasteiger partial charge >= 0.3 is 0 Å². The number of rotatable bonds is 4. The SMILES string of the molecule is CC(C)N.CC(C)NCc1ccnc(Br)c1.O=Cc1ccnc(Br)c1. The van der Waals surface area contributed by atoms with Gasteiger partial charge in [-0.2, -0.15) is 0 Å². The van der Waals surface area contributed by atoms with E-state index in [1.54, 1.807) is 24.5 Å². The Labute approximate surface area is 167 Å². The van der Waals surface area contributed by atoms with Gasteiger partial charge in [-0.15, -0.1) is 0 Å². The van der Waals surface area contributed by atoms with Gasteiger partial charge in [-0.05, 0) is 67.7 Å². The number of aromatic nitrogens is 2. The number of carbonyl (C=O) groups is 1. The first-order valence-electron chi connectivity index (χ1n) is 7.90. The number of halogens is 2. The molecule has 7 heteroatoms. The Balaban J connectivity index is 0.000000391. The number of hydrogen-bond acceptors (Lipinski definition) is 5. The molecule has 0 amide bonds. The minimum Gasteiger partial charge on any atom is -0.328 e. The fourth-order valence-corrected chi connectivity index (χ4v) is 2.16. The molecule has 2 aromatic heterocycles. The Morgan fingerprint density at radius 2 is 1.60 bits per heavy atom. The molecule has 25 heavy (non-hydrogen) atoms. The monoisotopic (exact) mass is 472 g/mol. The number of nitrogens with one attached hydrogen (secondary N) is 1. The molecule has 2 heterocycles. The molecule has 0 aliphatic rings. The number of aldehydes is 1. The molecular formula is C18H26Br2N4O. The number of nitrogens with two attached hydrogens (primary N) is 1. The van der Waals surface area contributed by atoms with Gasteiger partial charge in [0, 0.05) is 30.5 Å². The van der Waals surface area contributed by atoms with Crippen LogP contribution in [-0.4, -0.2) is 28.3 Å². The topological polar surface area (TPSA) is 80.9 Å². The summed E-state index contributed by atoms with van der Waals surface area (Å²) in [7, 11) is 0. The van der Waals surface area contributed by atoms with Crippen molar-refractivity contribution in [2.24, 2.45) is 5.73 Å². The minimum atomic E-state index is 0.333. The highest BCUT2D eigenvalue weighted by Gasteiger charge is 1.95. The van der Waals surface area contributed by atoms with Gasteiger partial charge in [0.05, 0.1) is 0 Å². The lowest BCUT2D eigenvalue weighted by molar-refractivity contribution is 0.112. The maximum Gasteiger partial charge on any atom is 0.150 e. The van der Waals surface area contributed by atoms with Gasteiger partial charge in [-0.3, -0.25) is 4.79 Å². The zero-order valence-corrected chi connectivity index (χ0v) is 18.2. The molecule has 0 unspecified atom stereocenters. The zero-order chi connectivity index (χ0) is 19.2. The first kappa shape index (κ1) is 23.9. The molecule has 0 spiro atoms. The molecular weight excluding hydrogens is 448 g/mol. The maximum absolute atomic E-state index is 10.1. The third-order valence-corrected chi connectivity index (χ3v) is 3.26. The van der Waals surface area contributed by atoms with Crippen LogP contribution in [-0.2, 0) is 6.54 Å². The van der Waals surface area contributed by atoms with Crippen molar-refractivity contribution in [3.8, 4) is 0 Å². The summed E-state index contributed by atoms with van der Waals surface area (Å²) in [5.41, 5.74) is 7.00. The van der Waals surface area contributed by atoms with E-state index in [0.717, 1.165) is 17.4 Å². The average molecular weight is 474 g/mol. The average Bonchev–Trinajstić information content (AvgIpc) is 2.53. The van der Waals surface area contributed by atoms with Crippen molar-refractivity contribution in [3.05, 3.63) is 57.0 Å². The molecule has 0 aliphatic heterocycles. The predicted octanol–water partition coefficient (Wildman–Crippen LogP) is 4.35. The summed E-state index contributed by atoms with van der Waals surface area (Å²) in [4.78, 5) is 18.0. The highest BCUT2D eigenvalue weighted by molar-refractivity contribution is 9.10. The van der Waals surface area contributed by atoms with E-state index in [4.69, 9.17) is 5.73 Å². The highest BCUT2D eigenvalue weighted by atomic mass is 79.9. The van der Waals surface area contributed by atoms with Crippen molar-refractivity contribution >= 4 is 38.1 Å². The molecule has 0 atom stereocenters. The summed E-state index contributed by atoms with van der Waals surface area (Å²) < 4.78 is 1.58. The summed E-state index contributed by atoms with van der Waals surface area (Å²) in [6.45, 7) is 9.06. The van der Waals surface area contributed by atoms with Crippen LogP contribution in [0, 0.1) is 0 Å². The summed E-state index contributed by atoms with van der Waals surface area (Å²) >= 11 is 6.46. The zero-order valence-electron chi connectivity index (χ0n) is 15.0. The van der Waals surface area contributed by atoms with E-state index in [9.17, 15) is 4.79 Å². The largest absolute Gasteiger partial charge is 0.328 e. The van der Waals surface area contributed by atoms with Crippen LogP contribution >= 0.6 is 31.9 Å². The van der Waals surface area contributed by atoms with Crippen molar-refractivity contribution < 1.29 is 4.79 Å². The normalized spacial score (nSPS) is 9.80. The van der Waals surface area contributed by atoms with E-state index in [1.807, 2.05) is 26.0 Å². The van der Waals surface area contributed by atoms with Crippen molar-refractivity contribution in [1.29, 1.82) is 0 Å². The van der Waals surface area contributed by atoms with E-state index < -0.39 is 0 Å². The minimum absolute atomic E-state index is 0.333. The van der Waals surface area contributed by atoms with Gasteiger partial charge in [-0.1, -0.05) is 27.7 Å². The molecule has 0 fully saturated rings. The third kappa shape index (κ3) is 14.9. The van der Waals surface area contributed by atoms with Gasteiger partial charge < -0.3 is 11.1 Å². The van der Waals surface area contributed by atoms with Crippen LogP contribution in [0.25, 0.3) is 0 Å². The standard InChI is InChI=1S/C9H13BrN2.C6H4BrNO.C3H9N/c1-7(2)12-6-8-3-4-11-9(10)5-8;7-6-3-5(4-9)1-2-8-6;1-3(2)4/h3-5,7,12H,6H2,1-2H3;1-4H;3H,4H2,1-2H3. The number of pyridine rings is 2. The van der Waals surface area contributed by atoms with E-state index in [1.165, 1.54) is 5.56 Å². The van der Waals surface area contributed by atoms with Gasteiger partial charge in [0.2, 0.25) is 0 Å². The maximum atomic E-state index is 10.1. The van der Waals surface area contributed by atoms with E-state index in [0.29, 0.717) is 22.3 Å². The highest BCUT2D eigenvalue weighted by Crippen LogP contribution is 2.07. The molecule has 3 N–H and O–H groups in total. The summed E-state index contributed by atoms with van der Waals surface area (Å²) in [6, 6.07) is 8.21. The quantitative estimate of drug-likeness (QED) is 0.509. The second-order valence-electron chi connectivity index (χ2n) is 5.80. The van der Waals surface area contributed by atoms with E-state index in [2.05, 4.69) is 61.0 Å². The van der Waals surface area contributed by atoms with E-state index >= 15 is 0 Å². The Morgan fingerprint density at radius 3 is 2.00 bits per heavy atom. The van der Waals surface area contributed by atoms with Crippen molar-refractivity contribution in [1.82, 2.24) is 15.3 Å². The van der Waals surface area contributed by atoms with Gasteiger partial charge in [0.1, 0.15) is 15.5 Å². The van der Waals surface area contributed by atoms with E-state index in [-0.39, 0.29) is 0 Å². The fourth-order valence-electron chi connectivity index (χ4n) is 1.37. The molecule has 5 nitrogen and oxygen atoms in total. The fraction of sp³-hybridized carbons (Fsp3) is 0.389. The van der Waals surface area contributed by atoms with Crippen LogP contribution < -0.4 is 11.1 Å². The second-order valence-corrected chi connectivity index (χ2v) is 7.42. The number of nitrogens with zero attached hydrogens (tertiary/aromatic N) is 2. The van der Waals surface area contributed by atoms with Crippen molar-refractivity contribution in [2.45, 2.75) is 46.3 Å². The Hall–Kier alpha value is -1.15. The molecule has 0 radical (unpaired) electrons. The van der Waals surface area contributed by atoms with Crippen LogP contribution in [0.2, 0.25) is 0 Å². The van der Waals surface area contributed by atoms with Crippen molar-refractivity contribution in [3.63, 3.8) is 0 Å². The molecule has 2 aromatic rings. The molecule has 0 aliphatic carbocycles. The number of hydrogen-bond donors (Lipinski definition) is 2. The van der Waals surface area contributed by atoms with Crippen LogP contribution in [0.15, 0.2) is 45.9 Å². The van der Waals surface area contributed by atoms with Gasteiger partial charge in [0.25, 0.3) is 0 Å². The summed E-state index contributed by atoms with van der Waals surface area (Å²) in [5.74, 6) is 0. The first-order valence-corrected chi connectivity index (χ1v) is 9.49. The lowest BCUT2D eigenvalue weighted by atomic mass is 10.2. The van der Waals surface area contributed by atoms with Crippen molar-refractivity contribution in [2.75, 3.05) is 0 Å². The number of carbonyl (C=O) groups excluding carboxylic acids is 1. The molecule has 2 rings (SSSR count). The predicted molar refractivity (Wildman–Crippen MR) is 111 cm³/mol. The summed E-state index contributed by atoms with van der Waals surface area (Å²) in [5, 5.41) is 3.34. The molecule has 0 bridgehead atoms. The smallest absolute Gasteiger partial charge is 0.150 e. The Morgan fingerprint density at radius 1 is 1.08 bits per heavy atom. The molecule has 0 saturated heterocycles. The second kappa shape index (κ2) is 14.1. The van der Waals surface area contributed by atoms with Crippen LogP contribution in [0.4, 0.5) is 0 Å². The molecule has 138 valence electrons. The first-order chi connectivity index (χ1) is 11.7. The third-order valence-electron chi connectivity index (χ3n) is 2.39. The van der Waals surface area contributed by atoms with Gasteiger partial charge in [0.15, 0.2) is 0 Å². The van der Waals surface area contributed by atoms with Crippen LogP contribution in [0.5, 0.6) is 0 Å². The van der Waals surface area contributed by atoms with Crippen LogP contribution in [0.3, 0.4) is 0 Å². The lowest BCUT2D eigenvalue weighted by Gasteiger charge is -2.07. The molecule has 0 aromatic carbocycles. The molecule has 0 saturated carbocycles. The Bertz CT molecular complexity index is 619.